The first-order valence-corrected chi connectivity index (χ1v) is 20.6. The van der Waals surface area contributed by atoms with Crippen molar-refractivity contribution in [2.75, 3.05) is 65.5 Å². The number of nitrogens with two attached hydrogens (primary N) is 1. The average Bonchev–Trinajstić information content (AvgIpc) is 3.47. The third kappa shape index (κ3) is 19.5. The number of ether oxygens (including phenoxy) is 5. The summed E-state index contributed by atoms with van der Waals surface area (Å²) in [7, 11) is 6.22. The fraction of sp³-hybridized carbons (Fsp3) is 0.667. The number of nitrogens with one attached hydrogen (secondary N) is 2. The molecule has 5 atom stereocenters. The van der Waals surface area contributed by atoms with Crippen molar-refractivity contribution in [3.8, 4) is 17.5 Å². The second kappa shape index (κ2) is 25.0. The summed E-state index contributed by atoms with van der Waals surface area (Å²) >= 11 is 0. The lowest BCUT2D eigenvalue weighted by Gasteiger charge is -2.22. The lowest BCUT2D eigenvalue weighted by molar-refractivity contribution is -0.758. The molecule has 20 heteroatoms. The lowest BCUT2D eigenvalue weighted by Crippen LogP contribution is -2.32. The Bertz CT molecular complexity index is 1240. The van der Waals surface area contributed by atoms with Crippen LogP contribution in [0.25, 0.3) is 0 Å². The van der Waals surface area contributed by atoms with Gasteiger partial charge < -0.3 is 50.0 Å². The van der Waals surface area contributed by atoms with E-state index in [-0.39, 0.29) is 74.2 Å². The number of amides is 2. The van der Waals surface area contributed by atoms with E-state index in [2.05, 4.69) is 48.0 Å². The molecule has 0 radical (unpaired) electrons. The molecule has 1 fully saturated rings. The van der Waals surface area contributed by atoms with Gasteiger partial charge in [0.25, 0.3) is 11.0 Å². The largest absolute Gasteiger partial charge is 0.490 e. The van der Waals surface area contributed by atoms with Gasteiger partial charge in [0.1, 0.15) is 42.5 Å². The van der Waals surface area contributed by atoms with Crippen LogP contribution in [0.5, 0.6) is 5.75 Å². The number of hydrogen-bond acceptors (Lipinski definition) is 16. The zero-order valence-electron chi connectivity index (χ0n) is 28.7. The molecule has 0 bridgehead atoms. The van der Waals surface area contributed by atoms with Gasteiger partial charge in [0.2, 0.25) is 13.2 Å². The third-order valence-electron chi connectivity index (χ3n) is 6.21. The van der Waals surface area contributed by atoms with Crippen molar-refractivity contribution in [1.82, 2.24) is 10.6 Å². The van der Waals surface area contributed by atoms with Crippen LogP contribution in [-0.4, -0.2) is 129 Å². The molecule has 1 heterocycles. The Balaban J connectivity index is 1.70. The SMILES string of the molecule is CSS[C@@H](CO[N+](=O)[O-])O[C@@H]1C[C@H](BC#CCNC(=O)COCCOC(COc2cccc(C(=O)NCCN)c2)SSC(C)(C)C)OC1CO. The molecule has 1 aliphatic rings. The van der Waals surface area contributed by atoms with Gasteiger partial charge in [-0.15, -0.1) is 10.1 Å². The van der Waals surface area contributed by atoms with Gasteiger partial charge in [0, 0.05) is 29.4 Å². The molecule has 0 saturated carbocycles. The number of aliphatic hydroxyl groups excluding tert-OH is 1. The summed E-state index contributed by atoms with van der Waals surface area (Å²) < 4.78 is 29.1. The summed E-state index contributed by atoms with van der Waals surface area (Å²) in [6.07, 6.45) is 1.22. The minimum atomic E-state index is -0.871. The fourth-order valence-electron chi connectivity index (χ4n) is 4.08. The smallest absolute Gasteiger partial charge is 0.294 e. The maximum atomic E-state index is 12.3. The van der Waals surface area contributed by atoms with Crippen molar-refractivity contribution in [1.29, 1.82) is 0 Å². The number of hydrogen-bond donors (Lipinski definition) is 4. The highest BCUT2D eigenvalue weighted by Gasteiger charge is 2.37. The first kappa shape index (κ1) is 44.1. The van der Waals surface area contributed by atoms with Crippen molar-refractivity contribution in [2.24, 2.45) is 5.73 Å². The monoisotopic (exact) mass is 778 g/mol. The summed E-state index contributed by atoms with van der Waals surface area (Å²) in [6.45, 7) is 7.15. The molecule has 1 aromatic carbocycles. The van der Waals surface area contributed by atoms with Crippen molar-refractivity contribution >= 4 is 62.3 Å². The molecule has 280 valence electrons. The van der Waals surface area contributed by atoms with Crippen molar-refractivity contribution < 1.29 is 48.3 Å². The summed E-state index contributed by atoms with van der Waals surface area (Å²) in [6, 6.07) is 6.59. The molecule has 5 N–H and O–H groups in total. The van der Waals surface area contributed by atoms with E-state index in [0.717, 1.165) is 0 Å². The lowest BCUT2D eigenvalue weighted by atomic mass is 9.71. The first-order valence-electron chi connectivity index (χ1n) is 15.8. The summed E-state index contributed by atoms with van der Waals surface area (Å²) in [4.78, 5) is 39.5. The summed E-state index contributed by atoms with van der Waals surface area (Å²) in [5, 5.41) is 24.8. The van der Waals surface area contributed by atoms with Crippen LogP contribution in [0.2, 0.25) is 0 Å². The molecule has 15 nitrogen and oxygen atoms in total. The van der Waals surface area contributed by atoms with Crippen molar-refractivity contribution in [3.05, 3.63) is 39.9 Å². The van der Waals surface area contributed by atoms with E-state index in [0.29, 0.717) is 38.1 Å². The van der Waals surface area contributed by atoms with Gasteiger partial charge in [0.15, 0.2) is 0 Å². The Hall–Kier alpha value is -2.06. The van der Waals surface area contributed by atoms with Gasteiger partial charge in [-0.3, -0.25) is 9.59 Å². The van der Waals surface area contributed by atoms with Gasteiger partial charge >= 0.3 is 0 Å². The first-order chi connectivity index (χ1) is 23.9. The summed E-state index contributed by atoms with van der Waals surface area (Å²) in [5.41, 5.74) is 5.00. The van der Waals surface area contributed by atoms with E-state index in [1.807, 2.05) is 6.26 Å². The fourth-order valence-corrected chi connectivity index (χ4v) is 7.74. The molecule has 2 amide bonds. The molecule has 1 saturated heterocycles. The Morgan fingerprint density at radius 1 is 1.22 bits per heavy atom. The van der Waals surface area contributed by atoms with Crippen LogP contribution in [-0.2, 0) is 28.6 Å². The number of rotatable bonds is 24. The maximum absolute atomic E-state index is 12.3. The molecular formula is C30H47BN4O11S4. The molecule has 1 aromatic rings. The predicted octanol–water partition coefficient (Wildman–Crippen LogP) is 1.84. The van der Waals surface area contributed by atoms with Crippen LogP contribution in [0.4, 0.5) is 0 Å². The Kier molecular flexibility index (Phi) is 22.1. The molecule has 1 aliphatic heterocycles. The highest BCUT2D eigenvalue weighted by Crippen LogP contribution is 2.38. The normalized spacial score (nSPS) is 18.3. The zero-order valence-corrected chi connectivity index (χ0v) is 31.9. The number of benzene rings is 1. The predicted molar refractivity (Wildman–Crippen MR) is 200 cm³/mol. The van der Waals surface area contributed by atoms with E-state index < -0.39 is 22.7 Å². The highest BCUT2D eigenvalue weighted by atomic mass is 33.1. The third-order valence-corrected chi connectivity index (χ3v) is 11.6. The molecule has 2 rings (SSSR count). The quantitative estimate of drug-likeness (QED) is 0.0225. The van der Waals surface area contributed by atoms with Crippen LogP contribution < -0.4 is 21.1 Å². The topological polar surface area (TPSA) is 203 Å². The van der Waals surface area contributed by atoms with E-state index in [9.17, 15) is 24.8 Å². The minimum absolute atomic E-state index is 0.0119. The van der Waals surface area contributed by atoms with Crippen LogP contribution >= 0.6 is 43.2 Å². The van der Waals surface area contributed by atoms with Gasteiger partial charge in [0.05, 0.1) is 32.5 Å². The molecule has 0 aromatic heterocycles. The van der Waals surface area contributed by atoms with Crippen LogP contribution in [0.1, 0.15) is 37.6 Å². The second-order valence-electron chi connectivity index (χ2n) is 11.5. The molecule has 0 spiro atoms. The number of carbonyl (C=O) groups excluding carboxylic acids is 2. The van der Waals surface area contributed by atoms with Crippen LogP contribution in [0.15, 0.2) is 24.3 Å². The second-order valence-corrected chi connectivity index (χ2v) is 17.3. The Labute approximate surface area is 309 Å². The highest BCUT2D eigenvalue weighted by molar-refractivity contribution is 8.77. The summed E-state index contributed by atoms with van der Waals surface area (Å²) in [5.74, 6) is 5.83. The van der Waals surface area contributed by atoms with Crippen LogP contribution in [0.3, 0.4) is 0 Å². The van der Waals surface area contributed by atoms with Crippen molar-refractivity contribution in [2.45, 2.75) is 61.0 Å². The van der Waals surface area contributed by atoms with Gasteiger partial charge in [-0.25, -0.2) is 0 Å². The maximum Gasteiger partial charge on any atom is 0.294 e. The van der Waals surface area contributed by atoms with Crippen LogP contribution in [0, 0.1) is 21.9 Å². The molecule has 0 aliphatic carbocycles. The van der Waals surface area contributed by atoms with E-state index in [4.69, 9.17) is 29.4 Å². The minimum Gasteiger partial charge on any atom is -0.490 e. The average molecular weight is 779 g/mol. The number of carbonyl (C=O) groups is 2. The van der Waals surface area contributed by atoms with Gasteiger partial charge in [-0.05, 0) is 30.9 Å². The van der Waals surface area contributed by atoms with E-state index in [1.165, 1.54) is 32.4 Å². The van der Waals surface area contributed by atoms with Gasteiger partial charge in [-0.1, -0.05) is 75.9 Å². The number of aliphatic hydroxyl groups is 1. The molecule has 2 unspecified atom stereocenters. The Morgan fingerprint density at radius 2 is 2.02 bits per heavy atom. The zero-order chi connectivity index (χ0) is 36.8. The Morgan fingerprint density at radius 3 is 2.72 bits per heavy atom. The van der Waals surface area contributed by atoms with E-state index >= 15 is 0 Å². The standard InChI is InChI=1S/C30H47BN4O11S4/c1-30(2,3)50-49-27(19-43-22-8-5-7-21(15-22)29(38)34-12-10-32)42-14-13-41-18-26(37)33-11-6-9-31-25-16-23(24(17-36)45-25)46-28(48-47-4)20-44-35(39)40/h5,7-8,15,23-25,27-28,31,36H,10-14,16-20,32H2,1-4H3,(H,33,37)(H,34,38)/t23-,24?,25-,27?,28+/m1/s1. The van der Waals surface area contributed by atoms with Gasteiger partial charge in [-0.2, -0.15) is 5.82 Å². The van der Waals surface area contributed by atoms with Crippen molar-refractivity contribution in [3.63, 3.8) is 0 Å². The number of nitrogens with zero attached hydrogens (tertiary/aromatic N) is 1. The van der Waals surface area contributed by atoms with E-state index in [1.54, 1.807) is 35.1 Å². The molecule has 50 heavy (non-hydrogen) atoms. The molecular weight excluding hydrogens is 731 g/mol.